The second-order valence-electron chi connectivity index (χ2n) is 5.87. The van der Waals surface area contributed by atoms with E-state index in [2.05, 4.69) is 32.6 Å². The van der Waals surface area contributed by atoms with Crippen LogP contribution in [0.5, 0.6) is 0 Å². The Kier molecular flexibility index (Phi) is 1.81. The maximum Gasteiger partial charge on any atom is 0.0503 e. The number of piperidine rings is 1. The first-order valence-corrected chi connectivity index (χ1v) is 5.30. The highest BCUT2D eigenvalue weighted by Gasteiger charge is 2.64. The normalized spacial score (nSPS) is 45.0. The molecule has 0 aromatic carbocycles. The molecule has 2 heteroatoms. The van der Waals surface area contributed by atoms with Crippen molar-refractivity contribution in [3.05, 3.63) is 0 Å². The molecule has 2 nitrogen and oxygen atoms in total. The van der Waals surface area contributed by atoms with Gasteiger partial charge in [-0.3, -0.25) is 4.90 Å². The minimum absolute atomic E-state index is 0.261. The number of hydrogen-bond donors (Lipinski definition) is 1. The number of likely N-dealkylation sites (tertiary alicyclic amines) is 1. The van der Waals surface area contributed by atoms with Crippen molar-refractivity contribution in [1.29, 1.82) is 0 Å². The Balaban J connectivity index is 2.16. The molecule has 1 aliphatic heterocycles. The van der Waals surface area contributed by atoms with Crippen molar-refractivity contribution in [3.8, 4) is 0 Å². The van der Waals surface area contributed by atoms with Gasteiger partial charge in [0.05, 0.1) is 6.61 Å². The Morgan fingerprint density at radius 2 is 2.00 bits per heavy atom. The molecule has 1 heterocycles. The lowest BCUT2D eigenvalue weighted by molar-refractivity contribution is 0.104. The third kappa shape index (κ3) is 1.23. The highest BCUT2D eigenvalue weighted by atomic mass is 16.3. The van der Waals surface area contributed by atoms with Gasteiger partial charge in [-0.1, -0.05) is 0 Å². The van der Waals surface area contributed by atoms with Crippen molar-refractivity contribution in [1.82, 2.24) is 4.90 Å². The maximum atomic E-state index is 9.34. The van der Waals surface area contributed by atoms with Gasteiger partial charge in [0.15, 0.2) is 0 Å². The summed E-state index contributed by atoms with van der Waals surface area (Å²) in [5.74, 6) is 0. The van der Waals surface area contributed by atoms with E-state index in [4.69, 9.17) is 0 Å². The molecule has 1 N–H and O–H groups in total. The van der Waals surface area contributed by atoms with Gasteiger partial charge in [0, 0.05) is 23.0 Å². The van der Waals surface area contributed by atoms with Gasteiger partial charge in [-0.25, -0.2) is 0 Å². The Morgan fingerprint density at radius 1 is 1.38 bits per heavy atom. The summed E-state index contributed by atoms with van der Waals surface area (Å²) in [4.78, 5) is 2.59. The van der Waals surface area contributed by atoms with Crippen LogP contribution in [-0.2, 0) is 0 Å². The number of aliphatic hydroxyl groups excluding tert-OH is 1. The van der Waals surface area contributed by atoms with E-state index in [1.807, 2.05) is 0 Å². The predicted octanol–water partition coefficient (Wildman–Crippen LogP) is 1.63. The molecule has 0 aromatic heterocycles. The number of aliphatic hydroxyl groups is 1. The fourth-order valence-electron chi connectivity index (χ4n) is 3.30. The molecule has 1 saturated heterocycles. The second-order valence-corrected chi connectivity index (χ2v) is 5.87. The monoisotopic (exact) mass is 183 g/mol. The quantitative estimate of drug-likeness (QED) is 0.668. The van der Waals surface area contributed by atoms with Crippen molar-refractivity contribution in [2.75, 3.05) is 6.61 Å². The first-order valence-electron chi connectivity index (χ1n) is 5.30. The van der Waals surface area contributed by atoms with Crippen LogP contribution in [-0.4, -0.2) is 34.2 Å². The fourth-order valence-corrected chi connectivity index (χ4v) is 3.30. The number of rotatable bonds is 1. The van der Waals surface area contributed by atoms with E-state index in [-0.39, 0.29) is 11.0 Å². The minimum atomic E-state index is 0.261. The molecule has 2 aliphatic rings. The molecular weight excluding hydrogens is 162 g/mol. The molecule has 0 bridgehead atoms. The van der Waals surface area contributed by atoms with Crippen molar-refractivity contribution in [2.45, 2.75) is 58.2 Å². The average Bonchev–Trinajstić information content (AvgIpc) is 2.55. The number of fused-ring (bicyclic) bond motifs is 1. The van der Waals surface area contributed by atoms with Gasteiger partial charge >= 0.3 is 0 Å². The predicted molar refractivity (Wildman–Crippen MR) is 53.6 cm³/mol. The highest BCUT2D eigenvalue weighted by molar-refractivity contribution is 5.18. The van der Waals surface area contributed by atoms with Crippen molar-refractivity contribution in [2.24, 2.45) is 5.41 Å². The highest BCUT2D eigenvalue weighted by Crippen LogP contribution is 2.60. The van der Waals surface area contributed by atoms with Gasteiger partial charge in [-0.15, -0.1) is 0 Å². The fraction of sp³-hybridized carbons (Fsp3) is 1.00. The summed E-state index contributed by atoms with van der Waals surface area (Å²) in [7, 11) is 0. The van der Waals surface area contributed by atoms with Crippen LogP contribution in [0.25, 0.3) is 0 Å². The van der Waals surface area contributed by atoms with Gasteiger partial charge in [-0.2, -0.15) is 0 Å². The lowest BCUT2D eigenvalue weighted by Gasteiger charge is -2.37. The van der Waals surface area contributed by atoms with Crippen LogP contribution >= 0.6 is 0 Å². The molecule has 76 valence electrons. The molecule has 3 atom stereocenters. The molecule has 0 amide bonds. The summed E-state index contributed by atoms with van der Waals surface area (Å²) in [6.07, 6.45) is 2.40. The summed E-state index contributed by atoms with van der Waals surface area (Å²) < 4.78 is 0. The van der Waals surface area contributed by atoms with E-state index in [9.17, 15) is 5.11 Å². The van der Waals surface area contributed by atoms with Gasteiger partial charge in [0.1, 0.15) is 0 Å². The second kappa shape index (κ2) is 2.48. The molecule has 1 aliphatic carbocycles. The summed E-state index contributed by atoms with van der Waals surface area (Å²) in [6.45, 7) is 9.49. The van der Waals surface area contributed by atoms with Crippen molar-refractivity contribution in [3.63, 3.8) is 0 Å². The third-order valence-corrected chi connectivity index (χ3v) is 3.75. The Bertz CT molecular complexity index is 221. The topological polar surface area (TPSA) is 23.5 Å². The number of nitrogens with zero attached hydrogens (tertiary/aromatic N) is 1. The van der Waals surface area contributed by atoms with E-state index in [1.165, 1.54) is 12.8 Å². The first kappa shape index (κ1) is 9.47. The molecule has 13 heavy (non-hydrogen) atoms. The first-order chi connectivity index (χ1) is 5.91. The Hall–Kier alpha value is -0.0800. The summed E-state index contributed by atoms with van der Waals surface area (Å²) in [5.41, 5.74) is 0.546. The van der Waals surface area contributed by atoms with Crippen molar-refractivity contribution >= 4 is 0 Å². The Morgan fingerprint density at radius 3 is 2.31 bits per heavy atom. The van der Waals surface area contributed by atoms with Crippen LogP contribution in [0, 0.1) is 5.41 Å². The maximum absolute atomic E-state index is 9.34. The molecule has 0 aromatic rings. The summed E-state index contributed by atoms with van der Waals surface area (Å²) in [6, 6.07) is 1.30. The van der Waals surface area contributed by atoms with Gasteiger partial charge in [-0.05, 0) is 40.5 Å². The van der Waals surface area contributed by atoms with Crippen LogP contribution in [0.3, 0.4) is 0 Å². The minimum Gasteiger partial charge on any atom is -0.396 e. The lowest BCUT2D eigenvalue weighted by Crippen LogP contribution is -2.45. The van der Waals surface area contributed by atoms with E-state index >= 15 is 0 Å². The molecule has 1 saturated carbocycles. The van der Waals surface area contributed by atoms with Gasteiger partial charge in [0.2, 0.25) is 0 Å². The van der Waals surface area contributed by atoms with Crippen LogP contribution in [0.4, 0.5) is 0 Å². The zero-order chi connectivity index (χ0) is 9.85. The van der Waals surface area contributed by atoms with E-state index in [0.717, 1.165) is 0 Å². The molecule has 0 radical (unpaired) electrons. The summed E-state index contributed by atoms with van der Waals surface area (Å²) in [5, 5.41) is 9.34. The van der Waals surface area contributed by atoms with Crippen LogP contribution in [0.15, 0.2) is 0 Å². The van der Waals surface area contributed by atoms with E-state index < -0.39 is 0 Å². The summed E-state index contributed by atoms with van der Waals surface area (Å²) >= 11 is 0. The zero-order valence-corrected chi connectivity index (χ0v) is 9.17. The molecule has 0 unspecified atom stereocenters. The molecule has 0 spiro atoms. The number of hydrogen-bond acceptors (Lipinski definition) is 2. The molecule has 2 rings (SSSR count). The molecule has 2 fully saturated rings. The van der Waals surface area contributed by atoms with Crippen LogP contribution in [0.2, 0.25) is 0 Å². The average molecular weight is 183 g/mol. The zero-order valence-electron chi connectivity index (χ0n) is 9.17. The van der Waals surface area contributed by atoms with E-state index in [0.29, 0.717) is 18.7 Å². The third-order valence-electron chi connectivity index (χ3n) is 3.75. The van der Waals surface area contributed by atoms with Gasteiger partial charge < -0.3 is 5.11 Å². The SMILES string of the molecule is C[C@@H]1C[C@@]2(CO)C[C@H]2N1C(C)(C)C. The standard InChI is InChI=1S/C11H21NO/c1-8-5-11(7-13)6-9(11)12(8)10(2,3)4/h8-9,13H,5-7H2,1-4H3/t8-,9-,11+/m1/s1. The lowest BCUT2D eigenvalue weighted by atomic mass is 10.0. The van der Waals surface area contributed by atoms with Crippen LogP contribution < -0.4 is 0 Å². The molecular formula is C11H21NO. The smallest absolute Gasteiger partial charge is 0.0503 e. The Labute approximate surface area is 80.9 Å². The van der Waals surface area contributed by atoms with Crippen molar-refractivity contribution < 1.29 is 5.11 Å². The van der Waals surface area contributed by atoms with Crippen LogP contribution in [0.1, 0.15) is 40.5 Å². The van der Waals surface area contributed by atoms with E-state index in [1.54, 1.807) is 0 Å². The largest absolute Gasteiger partial charge is 0.396 e. The van der Waals surface area contributed by atoms with Gasteiger partial charge in [0.25, 0.3) is 0 Å².